The first-order valence-corrected chi connectivity index (χ1v) is 5.85. The molecule has 0 aromatic carbocycles. The van der Waals surface area contributed by atoms with Gasteiger partial charge in [0.05, 0.1) is 0 Å². The van der Waals surface area contributed by atoms with Crippen molar-refractivity contribution in [3.63, 3.8) is 0 Å². The molecule has 1 nitrogen and oxygen atoms in total. The molecule has 0 aliphatic carbocycles. The van der Waals surface area contributed by atoms with E-state index in [0.29, 0.717) is 0 Å². The maximum Gasteiger partial charge on any atom is -0.000221 e. The van der Waals surface area contributed by atoms with Gasteiger partial charge in [-0.2, -0.15) is 11.8 Å². The van der Waals surface area contributed by atoms with Crippen molar-refractivity contribution in [1.82, 2.24) is 5.32 Å². The zero-order chi connectivity index (χ0) is 7.57. The molecule has 11 heavy (non-hydrogen) atoms. The van der Waals surface area contributed by atoms with Crippen molar-refractivity contribution in [2.24, 2.45) is 5.41 Å². The van der Waals surface area contributed by atoms with Gasteiger partial charge >= 0.3 is 0 Å². The minimum absolute atomic E-state index is 0.776. The fourth-order valence-electron chi connectivity index (χ4n) is 2.03. The van der Waals surface area contributed by atoms with Crippen LogP contribution in [0, 0.1) is 5.41 Å². The molecule has 0 atom stereocenters. The van der Waals surface area contributed by atoms with E-state index in [1.54, 1.807) is 0 Å². The van der Waals surface area contributed by atoms with E-state index in [4.69, 9.17) is 0 Å². The third-order valence-corrected chi connectivity index (χ3v) is 4.59. The predicted molar refractivity (Wildman–Crippen MR) is 51.1 cm³/mol. The summed E-state index contributed by atoms with van der Waals surface area (Å²) in [6, 6.07) is 0. The fourth-order valence-corrected chi connectivity index (χ4v) is 3.39. The first-order valence-electron chi connectivity index (χ1n) is 4.70. The Kier molecular flexibility index (Phi) is 2.42. The standard InChI is InChI=1S/C9H17NS/c1-2-5-10-6-4-9(3-1)7-11-8-9/h10H,1-8H2. The summed E-state index contributed by atoms with van der Waals surface area (Å²) < 4.78 is 0. The van der Waals surface area contributed by atoms with Crippen molar-refractivity contribution in [1.29, 1.82) is 0 Å². The molecule has 2 heteroatoms. The van der Waals surface area contributed by atoms with E-state index in [9.17, 15) is 0 Å². The van der Waals surface area contributed by atoms with Gasteiger partial charge in [0.15, 0.2) is 0 Å². The molecule has 0 unspecified atom stereocenters. The topological polar surface area (TPSA) is 12.0 Å². The molecule has 2 saturated heterocycles. The quantitative estimate of drug-likeness (QED) is 0.597. The second-order valence-electron chi connectivity index (χ2n) is 3.95. The van der Waals surface area contributed by atoms with Crippen LogP contribution in [0.3, 0.4) is 0 Å². The zero-order valence-corrected chi connectivity index (χ0v) is 7.88. The van der Waals surface area contributed by atoms with Gasteiger partial charge < -0.3 is 5.32 Å². The molecular formula is C9H17NS. The molecule has 1 spiro atoms. The van der Waals surface area contributed by atoms with Crippen LogP contribution in [0.1, 0.15) is 25.7 Å². The Morgan fingerprint density at radius 3 is 2.64 bits per heavy atom. The molecule has 0 saturated carbocycles. The van der Waals surface area contributed by atoms with Crippen LogP contribution in [0.25, 0.3) is 0 Å². The first-order chi connectivity index (χ1) is 5.41. The van der Waals surface area contributed by atoms with Gasteiger partial charge in [-0.25, -0.2) is 0 Å². The maximum absolute atomic E-state index is 3.50. The van der Waals surface area contributed by atoms with E-state index in [1.165, 1.54) is 50.3 Å². The lowest BCUT2D eigenvalue weighted by Crippen LogP contribution is -2.40. The van der Waals surface area contributed by atoms with E-state index in [2.05, 4.69) is 17.1 Å². The fraction of sp³-hybridized carbons (Fsp3) is 1.00. The number of thioether (sulfide) groups is 1. The lowest BCUT2D eigenvalue weighted by Gasteiger charge is -2.42. The van der Waals surface area contributed by atoms with E-state index in [1.807, 2.05) is 0 Å². The van der Waals surface area contributed by atoms with Gasteiger partial charge in [-0.3, -0.25) is 0 Å². The summed E-state index contributed by atoms with van der Waals surface area (Å²) in [5.74, 6) is 2.88. The summed E-state index contributed by atoms with van der Waals surface area (Å²) >= 11 is 2.13. The number of hydrogen-bond acceptors (Lipinski definition) is 2. The number of rotatable bonds is 0. The third-order valence-electron chi connectivity index (χ3n) is 2.96. The van der Waals surface area contributed by atoms with Crippen LogP contribution >= 0.6 is 11.8 Å². The molecule has 64 valence electrons. The van der Waals surface area contributed by atoms with Crippen LogP contribution < -0.4 is 5.32 Å². The van der Waals surface area contributed by atoms with E-state index >= 15 is 0 Å². The predicted octanol–water partition coefficient (Wildman–Crippen LogP) is 1.88. The number of nitrogens with one attached hydrogen (secondary N) is 1. The highest BCUT2D eigenvalue weighted by atomic mass is 32.2. The Labute approximate surface area is 73.3 Å². The van der Waals surface area contributed by atoms with Gasteiger partial charge in [-0.1, -0.05) is 6.42 Å². The molecule has 2 aliphatic rings. The molecule has 1 N–H and O–H groups in total. The maximum atomic E-state index is 3.50. The smallest absolute Gasteiger partial charge is 0.000221 e. The number of hydrogen-bond donors (Lipinski definition) is 1. The lowest BCUT2D eigenvalue weighted by molar-refractivity contribution is 0.271. The summed E-state index contributed by atoms with van der Waals surface area (Å²) in [7, 11) is 0. The zero-order valence-electron chi connectivity index (χ0n) is 7.07. The van der Waals surface area contributed by atoms with Crippen LogP contribution in [-0.2, 0) is 0 Å². The van der Waals surface area contributed by atoms with Gasteiger partial charge in [0.2, 0.25) is 0 Å². The normalized spacial score (nSPS) is 30.5. The monoisotopic (exact) mass is 171 g/mol. The molecule has 2 fully saturated rings. The van der Waals surface area contributed by atoms with Gasteiger partial charge in [-0.05, 0) is 49.3 Å². The van der Waals surface area contributed by atoms with Gasteiger partial charge in [-0.15, -0.1) is 0 Å². The highest BCUT2D eigenvalue weighted by Gasteiger charge is 2.36. The Balaban J connectivity index is 1.86. The second kappa shape index (κ2) is 3.36. The van der Waals surface area contributed by atoms with Crippen molar-refractivity contribution in [3.05, 3.63) is 0 Å². The van der Waals surface area contributed by atoms with E-state index < -0.39 is 0 Å². The lowest BCUT2D eigenvalue weighted by atomic mass is 9.81. The van der Waals surface area contributed by atoms with Gasteiger partial charge in [0, 0.05) is 0 Å². The molecule has 0 radical (unpaired) electrons. The van der Waals surface area contributed by atoms with Gasteiger partial charge in [0.25, 0.3) is 0 Å². The highest BCUT2D eigenvalue weighted by Crippen LogP contribution is 2.44. The second-order valence-corrected chi connectivity index (χ2v) is 4.94. The van der Waals surface area contributed by atoms with Crippen LogP contribution in [0.2, 0.25) is 0 Å². The van der Waals surface area contributed by atoms with Crippen LogP contribution in [0.15, 0.2) is 0 Å². The largest absolute Gasteiger partial charge is 0.317 e. The minimum atomic E-state index is 0.776. The Morgan fingerprint density at radius 2 is 1.91 bits per heavy atom. The van der Waals surface area contributed by atoms with Crippen molar-refractivity contribution >= 4 is 11.8 Å². The average Bonchev–Trinajstić information content (AvgIpc) is 1.82. The van der Waals surface area contributed by atoms with Crippen molar-refractivity contribution in [2.75, 3.05) is 24.6 Å². The summed E-state index contributed by atoms with van der Waals surface area (Å²) in [5, 5.41) is 3.50. The molecule has 0 aromatic rings. The summed E-state index contributed by atoms with van der Waals surface area (Å²) in [4.78, 5) is 0. The molecule has 2 heterocycles. The molecular weight excluding hydrogens is 154 g/mol. The molecule has 0 bridgehead atoms. The summed E-state index contributed by atoms with van der Waals surface area (Å²) in [6.45, 7) is 2.52. The average molecular weight is 171 g/mol. The van der Waals surface area contributed by atoms with Crippen molar-refractivity contribution in [2.45, 2.75) is 25.7 Å². The molecule has 2 rings (SSSR count). The Hall–Kier alpha value is 0.310. The highest BCUT2D eigenvalue weighted by molar-refractivity contribution is 8.00. The molecule has 0 aromatic heterocycles. The first kappa shape index (κ1) is 7.93. The van der Waals surface area contributed by atoms with Crippen LogP contribution in [-0.4, -0.2) is 24.6 Å². The van der Waals surface area contributed by atoms with E-state index in [-0.39, 0.29) is 0 Å². The molecule has 2 aliphatic heterocycles. The minimum Gasteiger partial charge on any atom is -0.317 e. The van der Waals surface area contributed by atoms with Crippen LogP contribution in [0.4, 0.5) is 0 Å². The summed E-state index contributed by atoms with van der Waals surface area (Å²) in [6.07, 6.45) is 5.78. The summed E-state index contributed by atoms with van der Waals surface area (Å²) in [5.41, 5.74) is 0.776. The third kappa shape index (κ3) is 1.73. The SMILES string of the molecule is C1CCC2(CCNC1)CSC2. The van der Waals surface area contributed by atoms with E-state index in [0.717, 1.165) is 5.41 Å². The van der Waals surface area contributed by atoms with Gasteiger partial charge in [0.1, 0.15) is 0 Å². The van der Waals surface area contributed by atoms with Crippen LogP contribution in [0.5, 0.6) is 0 Å². The van der Waals surface area contributed by atoms with Crippen molar-refractivity contribution in [3.8, 4) is 0 Å². The Morgan fingerprint density at radius 1 is 1.00 bits per heavy atom. The Bertz CT molecular complexity index is 122. The van der Waals surface area contributed by atoms with Crippen molar-refractivity contribution < 1.29 is 0 Å². The molecule has 0 amide bonds.